The molecule has 20 heavy (non-hydrogen) atoms. The van der Waals surface area contributed by atoms with Crippen LogP contribution in [-0.4, -0.2) is 34.1 Å². The molecule has 1 rings (SSSR count). The van der Waals surface area contributed by atoms with Gasteiger partial charge in [-0.3, -0.25) is 14.6 Å². The minimum Gasteiger partial charge on any atom is -0.396 e. The normalized spacial score (nSPS) is 12.1. The third kappa shape index (κ3) is 5.83. The molecular formula is C13H21N3O4. The summed E-state index contributed by atoms with van der Waals surface area (Å²) in [5.41, 5.74) is -0.865. The van der Waals surface area contributed by atoms with Crippen LogP contribution in [0.1, 0.15) is 31.9 Å². The summed E-state index contributed by atoms with van der Waals surface area (Å²) in [6, 6.07) is 1.19. The smallest absolute Gasteiger partial charge is 0.325 e. The van der Waals surface area contributed by atoms with E-state index < -0.39 is 11.2 Å². The lowest BCUT2D eigenvalue weighted by molar-refractivity contribution is -0.120. The number of amides is 1. The highest BCUT2D eigenvalue weighted by Crippen LogP contribution is 2.09. The predicted octanol–water partition coefficient (Wildman–Crippen LogP) is -0.479. The summed E-state index contributed by atoms with van der Waals surface area (Å²) in [6.07, 6.45) is 2.53. The molecule has 1 aromatic rings. The molecule has 0 aliphatic heterocycles. The molecule has 1 unspecified atom stereocenters. The van der Waals surface area contributed by atoms with Crippen LogP contribution in [0, 0.1) is 5.92 Å². The quantitative estimate of drug-likeness (QED) is 0.516. The second kappa shape index (κ2) is 8.31. The molecule has 0 fully saturated rings. The first-order valence-electron chi connectivity index (χ1n) is 6.75. The summed E-state index contributed by atoms with van der Waals surface area (Å²) in [5.74, 6) is -0.0162. The number of aromatic amines is 2. The molecule has 0 aliphatic carbocycles. The molecule has 7 nitrogen and oxygen atoms in total. The van der Waals surface area contributed by atoms with Gasteiger partial charge in [-0.25, -0.2) is 4.79 Å². The molecule has 0 saturated heterocycles. The SMILES string of the molecule is CCCC(CCO)CNC(=O)Cc1cc(=O)[nH]c(=O)[nH]1. The maximum Gasteiger partial charge on any atom is 0.325 e. The third-order valence-electron chi connectivity index (χ3n) is 2.99. The molecule has 0 saturated carbocycles. The summed E-state index contributed by atoms with van der Waals surface area (Å²) < 4.78 is 0. The van der Waals surface area contributed by atoms with Crippen molar-refractivity contribution in [3.05, 3.63) is 32.6 Å². The fraction of sp³-hybridized carbons (Fsp3) is 0.615. The van der Waals surface area contributed by atoms with E-state index in [2.05, 4.69) is 10.3 Å². The lowest BCUT2D eigenvalue weighted by Gasteiger charge is -2.15. The average Bonchev–Trinajstić information content (AvgIpc) is 2.35. The van der Waals surface area contributed by atoms with Crippen LogP contribution in [-0.2, 0) is 11.2 Å². The second-order valence-electron chi connectivity index (χ2n) is 4.76. The Balaban J connectivity index is 2.50. The minimum absolute atomic E-state index is 0.0445. The Bertz CT molecular complexity index is 501. The zero-order chi connectivity index (χ0) is 15.0. The molecule has 0 spiro atoms. The van der Waals surface area contributed by atoms with Crippen LogP contribution in [0.15, 0.2) is 15.7 Å². The number of H-pyrrole nitrogens is 2. The first-order valence-corrected chi connectivity index (χ1v) is 6.75. The van der Waals surface area contributed by atoms with Gasteiger partial charge in [0.2, 0.25) is 5.91 Å². The van der Waals surface area contributed by atoms with Crippen molar-refractivity contribution in [1.29, 1.82) is 0 Å². The summed E-state index contributed by atoms with van der Waals surface area (Å²) in [5, 5.41) is 11.7. The van der Waals surface area contributed by atoms with Crippen LogP contribution in [0.25, 0.3) is 0 Å². The van der Waals surface area contributed by atoms with Gasteiger partial charge in [0.25, 0.3) is 5.56 Å². The van der Waals surface area contributed by atoms with Gasteiger partial charge in [0, 0.05) is 24.9 Å². The number of carbonyl (C=O) groups is 1. The highest BCUT2D eigenvalue weighted by molar-refractivity contribution is 5.77. The average molecular weight is 283 g/mol. The van der Waals surface area contributed by atoms with Gasteiger partial charge in [0.15, 0.2) is 0 Å². The molecule has 0 aromatic carbocycles. The van der Waals surface area contributed by atoms with E-state index in [0.717, 1.165) is 12.8 Å². The Labute approximate surface area is 116 Å². The fourth-order valence-electron chi connectivity index (χ4n) is 2.05. The van der Waals surface area contributed by atoms with E-state index in [4.69, 9.17) is 5.11 Å². The van der Waals surface area contributed by atoms with Gasteiger partial charge in [0.05, 0.1) is 6.42 Å². The van der Waals surface area contributed by atoms with Gasteiger partial charge >= 0.3 is 5.69 Å². The van der Waals surface area contributed by atoms with Gasteiger partial charge in [-0.15, -0.1) is 0 Å². The van der Waals surface area contributed by atoms with Crippen LogP contribution in [0.5, 0.6) is 0 Å². The van der Waals surface area contributed by atoms with E-state index in [9.17, 15) is 14.4 Å². The Morgan fingerprint density at radius 1 is 1.35 bits per heavy atom. The lowest BCUT2D eigenvalue weighted by atomic mass is 10.0. The standard InChI is InChI=1S/C13H21N3O4/c1-2-3-9(4-5-17)8-14-11(18)6-10-7-12(19)16-13(20)15-10/h7,9,17H,2-6,8H2,1H3,(H,14,18)(H2,15,16,19,20). The molecule has 4 N–H and O–H groups in total. The van der Waals surface area contributed by atoms with Gasteiger partial charge < -0.3 is 15.4 Å². The van der Waals surface area contributed by atoms with Gasteiger partial charge in [-0.2, -0.15) is 0 Å². The van der Waals surface area contributed by atoms with Crippen molar-refractivity contribution >= 4 is 5.91 Å². The summed E-state index contributed by atoms with van der Waals surface area (Å²) >= 11 is 0. The largest absolute Gasteiger partial charge is 0.396 e. The molecule has 1 atom stereocenters. The first kappa shape index (κ1) is 16.2. The second-order valence-corrected chi connectivity index (χ2v) is 4.76. The highest BCUT2D eigenvalue weighted by Gasteiger charge is 2.10. The zero-order valence-corrected chi connectivity index (χ0v) is 11.6. The molecular weight excluding hydrogens is 262 g/mol. The summed E-state index contributed by atoms with van der Waals surface area (Å²) in [7, 11) is 0. The highest BCUT2D eigenvalue weighted by atomic mass is 16.3. The van der Waals surface area contributed by atoms with E-state index in [1.165, 1.54) is 6.07 Å². The number of rotatable bonds is 8. The minimum atomic E-state index is -0.621. The molecule has 1 aromatic heterocycles. The van der Waals surface area contributed by atoms with Gasteiger partial charge in [-0.05, 0) is 18.8 Å². The first-order chi connectivity index (χ1) is 9.55. The van der Waals surface area contributed by atoms with E-state index in [-0.39, 0.29) is 30.5 Å². The van der Waals surface area contributed by atoms with Crippen LogP contribution in [0.4, 0.5) is 0 Å². The van der Waals surface area contributed by atoms with Crippen molar-refractivity contribution < 1.29 is 9.90 Å². The number of aromatic nitrogens is 2. The Kier molecular flexibility index (Phi) is 6.72. The predicted molar refractivity (Wildman–Crippen MR) is 74.5 cm³/mol. The fourth-order valence-corrected chi connectivity index (χ4v) is 2.05. The monoisotopic (exact) mass is 283 g/mol. The molecule has 0 radical (unpaired) electrons. The van der Waals surface area contributed by atoms with Crippen molar-refractivity contribution in [2.24, 2.45) is 5.92 Å². The van der Waals surface area contributed by atoms with Gasteiger partial charge in [-0.1, -0.05) is 13.3 Å². The third-order valence-corrected chi connectivity index (χ3v) is 2.99. The Morgan fingerprint density at radius 2 is 2.10 bits per heavy atom. The molecule has 112 valence electrons. The van der Waals surface area contributed by atoms with E-state index in [1.54, 1.807) is 0 Å². The van der Waals surface area contributed by atoms with Crippen molar-refractivity contribution in [1.82, 2.24) is 15.3 Å². The topological polar surface area (TPSA) is 115 Å². The summed E-state index contributed by atoms with van der Waals surface area (Å²) in [6.45, 7) is 2.63. The van der Waals surface area contributed by atoms with Crippen LogP contribution in [0.2, 0.25) is 0 Å². The molecule has 0 bridgehead atoms. The number of nitrogens with one attached hydrogen (secondary N) is 3. The van der Waals surface area contributed by atoms with Crippen molar-refractivity contribution in [3.8, 4) is 0 Å². The molecule has 7 heteroatoms. The summed E-state index contributed by atoms with van der Waals surface area (Å²) in [4.78, 5) is 38.3. The van der Waals surface area contributed by atoms with Gasteiger partial charge in [0.1, 0.15) is 0 Å². The van der Waals surface area contributed by atoms with E-state index >= 15 is 0 Å². The van der Waals surface area contributed by atoms with Crippen molar-refractivity contribution in [2.75, 3.05) is 13.2 Å². The molecule has 1 amide bonds. The van der Waals surface area contributed by atoms with Crippen molar-refractivity contribution in [2.45, 2.75) is 32.6 Å². The maximum absolute atomic E-state index is 11.7. The van der Waals surface area contributed by atoms with Crippen LogP contribution < -0.4 is 16.6 Å². The number of aliphatic hydroxyl groups is 1. The number of hydrogen-bond acceptors (Lipinski definition) is 4. The molecule has 0 aliphatic rings. The Hall–Kier alpha value is -1.89. The number of aliphatic hydroxyl groups excluding tert-OH is 1. The number of hydrogen-bond donors (Lipinski definition) is 4. The lowest BCUT2D eigenvalue weighted by Crippen LogP contribution is -2.32. The maximum atomic E-state index is 11.7. The zero-order valence-electron chi connectivity index (χ0n) is 11.6. The number of carbonyl (C=O) groups excluding carboxylic acids is 1. The van der Waals surface area contributed by atoms with Crippen molar-refractivity contribution in [3.63, 3.8) is 0 Å². The molecule has 1 heterocycles. The van der Waals surface area contributed by atoms with E-state index in [0.29, 0.717) is 13.0 Å². The Morgan fingerprint density at radius 3 is 2.70 bits per heavy atom. The van der Waals surface area contributed by atoms with Crippen LogP contribution >= 0.6 is 0 Å². The van der Waals surface area contributed by atoms with E-state index in [1.807, 2.05) is 11.9 Å². The van der Waals surface area contributed by atoms with Crippen LogP contribution in [0.3, 0.4) is 0 Å².